The van der Waals surface area contributed by atoms with Crippen molar-refractivity contribution in [2.24, 2.45) is 0 Å². The van der Waals surface area contributed by atoms with Crippen molar-refractivity contribution in [2.45, 2.75) is 13.8 Å². The van der Waals surface area contributed by atoms with Crippen LogP contribution in [0.5, 0.6) is 0 Å². The molecule has 0 bridgehead atoms. The van der Waals surface area contributed by atoms with Crippen LogP contribution in [0.4, 0.5) is 0 Å². The smallest absolute Gasteiger partial charge is 0.164 e. The maximum Gasteiger partial charge on any atom is 0.164 e. The summed E-state index contributed by atoms with van der Waals surface area (Å²) in [6, 6.07) is 64.5. The highest BCUT2D eigenvalue weighted by Gasteiger charge is 2.20. The molecule has 0 atom stereocenters. The van der Waals surface area contributed by atoms with Gasteiger partial charge in [0.25, 0.3) is 0 Å². The Hall–Kier alpha value is -7.37. The SMILES string of the molecule is Cc1ccccc1-c1nc(-c2cc(-c3cccc(-c4ccccc4)c3)cc(-c3nc(-c4ccccc4)nc(-c4ccccc4)n3)c2)nc(-c2ccccc2)c1C. The molecular formula is C51H37N5. The third-order valence-electron chi connectivity index (χ3n) is 10.0. The highest BCUT2D eigenvalue weighted by molar-refractivity contribution is 5.83. The van der Waals surface area contributed by atoms with E-state index >= 15 is 0 Å². The minimum Gasteiger partial charge on any atom is -0.228 e. The topological polar surface area (TPSA) is 64.5 Å². The van der Waals surface area contributed by atoms with Gasteiger partial charge in [0.05, 0.1) is 11.4 Å². The molecule has 0 spiro atoms. The largest absolute Gasteiger partial charge is 0.228 e. The van der Waals surface area contributed by atoms with Gasteiger partial charge in [-0.1, -0.05) is 164 Å². The summed E-state index contributed by atoms with van der Waals surface area (Å²) in [5.74, 6) is 2.39. The molecule has 5 heteroatoms. The zero-order chi connectivity index (χ0) is 37.8. The monoisotopic (exact) mass is 719 g/mol. The van der Waals surface area contributed by atoms with Crippen molar-refractivity contribution in [2.75, 3.05) is 0 Å². The van der Waals surface area contributed by atoms with Gasteiger partial charge in [-0.15, -0.1) is 0 Å². The van der Waals surface area contributed by atoms with Crippen molar-refractivity contribution in [3.05, 3.63) is 199 Å². The number of benzene rings is 7. The standard InChI is InChI=1S/C51H37N5/c1-34-18-15-16-29-45(34)47-35(2)46(37-21-9-4-10-22-37)52-50(53-47)43-31-42(41-28-17-27-40(30-41)36-19-7-3-8-20-36)32-44(33-43)51-55-48(38-23-11-5-12-24-38)54-49(56-51)39-25-13-6-14-26-39/h3-33H,1-2H3. The van der Waals surface area contributed by atoms with Gasteiger partial charge in [0, 0.05) is 38.9 Å². The Bertz CT molecular complexity index is 2740. The number of aromatic nitrogens is 5. The van der Waals surface area contributed by atoms with Crippen LogP contribution in [0.3, 0.4) is 0 Å². The molecule has 0 amide bonds. The van der Waals surface area contributed by atoms with E-state index < -0.39 is 0 Å². The van der Waals surface area contributed by atoms with Crippen molar-refractivity contribution in [3.63, 3.8) is 0 Å². The number of nitrogens with zero attached hydrogens (tertiary/aromatic N) is 5. The second kappa shape index (κ2) is 15.2. The van der Waals surface area contributed by atoms with Crippen LogP contribution in [0.1, 0.15) is 11.1 Å². The second-order valence-electron chi connectivity index (χ2n) is 13.8. The molecule has 2 heterocycles. The Morgan fingerprint density at radius 1 is 0.268 bits per heavy atom. The summed E-state index contributed by atoms with van der Waals surface area (Å²) < 4.78 is 0. The van der Waals surface area contributed by atoms with Crippen LogP contribution in [0, 0.1) is 13.8 Å². The van der Waals surface area contributed by atoms with Gasteiger partial charge in [-0.05, 0) is 65.9 Å². The molecule has 0 aliphatic heterocycles. The van der Waals surface area contributed by atoms with Crippen LogP contribution in [-0.4, -0.2) is 24.9 Å². The Morgan fingerprint density at radius 3 is 1.20 bits per heavy atom. The lowest BCUT2D eigenvalue weighted by atomic mass is 9.95. The summed E-state index contributed by atoms with van der Waals surface area (Å²) in [7, 11) is 0. The first-order chi connectivity index (χ1) is 27.6. The van der Waals surface area contributed by atoms with Gasteiger partial charge in [0.1, 0.15) is 0 Å². The minimum atomic E-state index is 0.564. The maximum absolute atomic E-state index is 5.36. The normalized spacial score (nSPS) is 11.0. The molecule has 56 heavy (non-hydrogen) atoms. The Morgan fingerprint density at radius 2 is 0.643 bits per heavy atom. The fourth-order valence-corrected chi connectivity index (χ4v) is 7.12. The van der Waals surface area contributed by atoms with E-state index in [0.717, 1.165) is 78.1 Å². The summed E-state index contributed by atoms with van der Waals surface area (Å²) in [6.07, 6.45) is 0. The Labute approximate surface area is 327 Å². The Balaban J connectivity index is 1.31. The molecule has 0 fully saturated rings. The second-order valence-corrected chi connectivity index (χ2v) is 13.8. The van der Waals surface area contributed by atoms with Crippen molar-refractivity contribution in [3.8, 4) is 90.3 Å². The highest BCUT2D eigenvalue weighted by Crippen LogP contribution is 2.37. The van der Waals surface area contributed by atoms with E-state index in [4.69, 9.17) is 24.9 Å². The summed E-state index contributed by atoms with van der Waals surface area (Å²) >= 11 is 0. The van der Waals surface area contributed by atoms with E-state index in [1.165, 1.54) is 0 Å². The fraction of sp³-hybridized carbons (Fsp3) is 0.0392. The predicted octanol–water partition coefficient (Wildman–Crippen LogP) is 12.6. The van der Waals surface area contributed by atoms with Gasteiger partial charge >= 0.3 is 0 Å². The summed E-state index contributed by atoms with van der Waals surface area (Å²) in [5.41, 5.74) is 14.0. The lowest BCUT2D eigenvalue weighted by Crippen LogP contribution is -2.02. The van der Waals surface area contributed by atoms with Crippen LogP contribution >= 0.6 is 0 Å². The Kier molecular flexibility index (Phi) is 9.32. The number of hydrogen-bond acceptors (Lipinski definition) is 5. The average Bonchev–Trinajstić information content (AvgIpc) is 3.27. The minimum absolute atomic E-state index is 0.564. The lowest BCUT2D eigenvalue weighted by molar-refractivity contribution is 1.07. The molecule has 5 nitrogen and oxygen atoms in total. The molecule has 0 radical (unpaired) electrons. The third kappa shape index (κ3) is 7.02. The van der Waals surface area contributed by atoms with E-state index in [9.17, 15) is 0 Å². The molecule has 2 aromatic heterocycles. The first-order valence-electron chi connectivity index (χ1n) is 18.8. The van der Waals surface area contributed by atoms with Crippen LogP contribution in [-0.2, 0) is 0 Å². The molecule has 0 aliphatic rings. The van der Waals surface area contributed by atoms with Crippen molar-refractivity contribution in [1.82, 2.24) is 24.9 Å². The lowest BCUT2D eigenvalue weighted by Gasteiger charge is -2.16. The molecule has 9 rings (SSSR count). The molecule has 7 aromatic carbocycles. The van der Waals surface area contributed by atoms with E-state index in [2.05, 4.69) is 129 Å². The first kappa shape index (κ1) is 34.4. The number of hydrogen-bond donors (Lipinski definition) is 0. The number of aryl methyl sites for hydroxylation is 1. The summed E-state index contributed by atoms with van der Waals surface area (Å²) in [5, 5.41) is 0. The zero-order valence-electron chi connectivity index (χ0n) is 31.1. The molecular weight excluding hydrogens is 683 g/mol. The third-order valence-corrected chi connectivity index (χ3v) is 10.0. The van der Waals surface area contributed by atoms with Crippen molar-refractivity contribution >= 4 is 0 Å². The fourth-order valence-electron chi connectivity index (χ4n) is 7.12. The van der Waals surface area contributed by atoms with E-state index in [-0.39, 0.29) is 0 Å². The molecule has 9 aromatic rings. The van der Waals surface area contributed by atoms with Crippen LogP contribution in [0.2, 0.25) is 0 Å². The zero-order valence-corrected chi connectivity index (χ0v) is 31.1. The predicted molar refractivity (Wildman–Crippen MR) is 228 cm³/mol. The summed E-state index contributed by atoms with van der Waals surface area (Å²) in [4.78, 5) is 25.9. The van der Waals surface area contributed by atoms with Gasteiger partial charge in [0.2, 0.25) is 0 Å². The van der Waals surface area contributed by atoms with Gasteiger partial charge in [-0.25, -0.2) is 24.9 Å². The first-order valence-corrected chi connectivity index (χ1v) is 18.8. The quantitative estimate of drug-likeness (QED) is 0.156. The van der Waals surface area contributed by atoms with Crippen molar-refractivity contribution in [1.29, 1.82) is 0 Å². The molecule has 0 saturated carbocycles. The molecule has 0 saturated heterocycles. The highest BCUT2D eigenvalue weighted by atomic mass is 15.0. The van der Waals surface area contributed by atoms with Gasteiger partial charge in [0.15, 0.2) is 23.3 Å². The van der Waals surface area contributed by atoms with E-state index in [1.54, 1.807) is 0 Å². The summed E-state index contributed by atoms with van der Waals surface area (Å²) in [6.45, 7) is 4.25. The molecule has 0 aliphatic carbocycles. The molecule has 0 unspecified atom stereocenters. The molecule has 266 valence electrons. The molecule has 0 N–H and O–H groups in total. The average molecular weight is 720 g/mol. The van der Waals surface area contributed by atoms with Gasteiger partial charge in [-0.3, -0.25) is 0 Å². The number of rotatable bonds is 8. The van der Waals surface area contributed by atoms with Crippen LogP contribution in [0.15, 0.2) is 188 Å². The van der Waals surface area contributed by atoms with Crippen LogP contribution in [0.25, 0.3) is 90.3 Å². The van der Waals surface area contributed by atoms with Gasteiger partial charge < -0.3 is 0 Å². The van der Waals surface area contributed by atoms with Crippen LogP contribution < -0.4 is 0 Å². The van der Waals surface area contributed by atoms with Crippen molar-refractivity contribution < 1.29 is 0 Å². The maximum atomic E-state index is 5.36. The van der Waals surface area contributed by atoms with E-state index in [1.807, 2.05) is 72.8 Å². The van der Waals surface area contributed by atoms with Gasteiger partial charge in [-0.2, -0.15) is 0 Å². The van der Waals surface area contributed by atoms with E-state index in [0.29, 0.717) is 23.3 Å².